The van der Waals surface area contributed by atoms with Crippen LogP contribution in [0.1, 0.15) is 5.56 Å². The van der Waals surface area contributed by atoms with Gasteiger partial charge in [-0.1, -0.05) is 31.6 Å². The minimum absolute atomic E-state index is 0.0344. The van der Waals surface area contributed by atoms with Crippen molar-refractivity contribution < 1.29 is 9.66 Å². The van der Waals surface area contributed by atoms with E-state index in [4.69, 9.17) is 9.72 Å². The smallest absolute Gasteiger partial charge is 0.294 e. The molecule has 0 aliphatic rings. The first-order valence-electron chi connectivity index (χ1n) is 13.3. The highest BCUT2D eigenvalue weighted by Gasteiger charge is 2.22. The molecule has 4 aromatic rings. The summed E-state index contributed by atoms with van der Waals surface area (Å²) >= 11 is 0. The van der Waals surface area contributed by atoms with Gasteiger partial charge < -0.3 is 24.4 Å². The maximum absolute atomic E-state index is 12.0. The lowest BCUT2D eigenvalue weighted by Gasteiger charge is -2.22. The van der Waals surface area contributed by atoms with Crippen LogP contribution in [0.5, 0.6) is 5.75 Å². The third-order valence-corrected chi connectivity index (χ3v) is 7.41. The molecule has 0 atom stereocenters. The molecule has 2 aromatic heterocycles. The van der Waals surface area contributed by atoms with Crippen LogP contribution in [0.15, 0.2) is 48.8 Å². The van der Waals surface area contributed by atoms with Crippen molar-refractivity contribution in [3.8, 4) is 28.5 Å². The number of ether oxygens (including phenoxy) is 1. The molecule has 2 heterocycles. The summed E-state index contributed by atoms with van der Waals surface area (Å²) in [6.07, 6.45) is 3.71. The number of nitrogens with one attached hydrogen (secondary N) is 1. The van der Waals surface area contributed by atoms with Gasteiger partial charge in [-0.25, -0.2) is 9.97 Å². The zero-order valence-electron chi connectivity index (χ0n) is 24.9. The Morgan fingerprint density at radius 2 is 1.88 bits per heavy atom. The number of rotatable bonds is 9. The molecule has 10 nitrogen and oxygen atoms in total. The quantitative estimate of drug-likeness (QED) is 0.121. The number of anilines is 3. The van der Waals surface area contributed by atoms with Gasteiger partial charge in [-0.3, -0.25) is 10.1 Å². The first-order valence-corrected chi connectivity index (χ1v) is 16.8. The van der Waals surface area contributed by atoms with E-state index in [0.717, 1.165) is 34.3 Å². The van der Waals surface area contributed by atoms with E-state index >= 15 is 0 Å². The van der Waals surface area contributed by atoms with Gasteiger partial charge in [0.2, 0.25) is 5.95 Å². The molecule has 214 valence electrons. The number of fused-ring (bicyclic) bond motifs is 1. The van der Waals surface area contributed by atoms with Crippen LogP contribution in [0.2, 0.25) is 19.6 Å². The Morgan fingerprint density at radius 1 is 1.12 bits per heavy atom. The van der Waals surface area contributed by atoms with E-state index in [-0.39, 0.29) is 10.6 Å². The first kappa shape index (κ1) is 29.6. The van der Waals surface area contributed by atoms with Crippen LogP contribution >= 0.6 is 0 Å². The van der Waals surface area contributed by atoms with Crippen molar-refractivity contribution in [1.82, 2.24) is 19.4 Å². The zero-order chi connectivity index (χ0) is 29.9. The lowest BCUT2D eigenvalue weighted by atomic mass is 10.1. The molecule has 41 heavy (non-hydrogen) atoms. The summed E-state index contributed by atoms with van der Waals surface area (Å²) in [6, 6.07) is 11.2. The Bertz CT molecular complexity index is 1650. The summed E-state index contributed by atoms with van der Waals surface area (Å²) in [6.45, 7) is 8.05. The Labute approximate surface area is 242 Å². The molecular formula is C30H37N7O3Si. The molecule has 0 saturated carbocycles. The highest BCUT2D eigenvalue weighted by molar-refractivity contribution is 6.83. The predicted molar refractivity (Wildman–Crippen MR) is 169 cm³/mol. The number of hydrogen-bond donors (Lipinski definition) is 1. The fraction of sp³-hybridized carbons (Fsp3) is 0.333. The highest BCUT2D eigenvalue weighted by Crippen LogP contribution is 2.39. The van der Waals surface area contributed by atoms with Crippen molar-refractivity contribution in [3.05, 3.63) is 64.5 Å². The number of aromatic nitrogens is 3. The second kappa shape index (κ2) is 12.0. The van der Waals surface area contributed by atoms with Gasteiger partial charge >= 0.3 is 0 Å². The fourth-order valence-corrected chi connectivity index (χ4v) is 4.88. The third kappa shape index (κ3) is 7.03. The molecule has 2 aromatic carbocycles. The lowest BCUT2D eigenvalue weighted by molar-refractivity contribution is -0.384. The molecule has 11 heteroatoms. The predicted octanol–water partition coefficient (Wildman–Crippen LogP) is 5.52. The maximum atomic E-state index is 12.0. The molecule has 0 saturated heterocycles. The van der Waals surface area contributed by atoms with Gasteiger partial charge in [-0.15, -0.1) is 5.54 Å². The van der Waals surface area contributed by atoms with E-state index < -0.39 is 8.07 Å². The number of methoxy groups -OCH3 is 1. The van der Waals surface area contributed by atoms with E-state index in [1.165, 1.54) is 13.2 Å². The summed E-state index contributed by atoms with van der Waals surface area (Å²) < 4.78 is 7.67. The summed E-state index contributed by atoms with van der Waals surface area (Å²) in [4.78, 5) is 24.6. The largest absolute Gasteiger partial charge is 0.494 e. The van der Waals surface area contributed by atoms with Crippen LogP contribution in [0.4, 0.5) is 23.0 Å². The normalized spacial score (nSPS) is 11.3. The molecule has 1 N–H and O–H groups in total. The van der Waals surface area contributed by atoms with Gasteiger partial charge in [0.05, 0.1) is 23.4 Å². The van der Waals surface area contributed by atoms with E-state index in [1.807, 2.05) is 56.3 Å². The Hall–Kier alpha value is -4.40. The van der Waals surface area contributed by atoms with Crippen molar-refractivity contribution in [2.24, 2.45) is 7.05 Å². The van der Waals surface area contributed by atoms with E-state index in [1.54, 1.807) is 12.3 Å². The number of benzene rings is 2. The van der Waals surface area contributed by atoms with Crippen LogP contribution in [-0.2, 0) is 7.05 Å². The molecule has 0 radical (unpaired) electrons. The minimum atomic E-state index is -1.48. The average molecular weight is 572 g/mol. The lowest BCUT2D eigenvalue weighted by Crippen LogP contribution is -2.28. The van der Waals surface area contributed by atoms with Crippen molar-refractivity contribution in [2.75, 3.05) is 51.6 Å². The number of hydrogen-bond acceptors (Lipinski definition) is 8. The molecule has 0 unspecified atom stereocenters. The van der Waals surface area contributed by atoms with E-state index in [9.17, 15) is 10.1 Å². The Kier molecular flexibility index (Phi) is 8.65. The second-order valence-corrected chi connectivity index (χ2v) is 16.0. The van der Waals surface area contributed by atoms with Crippen LogP contribution in [0, 0.1) is 21.6 Å². The molecule has 0 spiro atoms. The zero-order valence-corrected chi connectivity index (χ0v) is 25.9. The number of likely N-dealkylation sites (N-methyl/N-ethyl adjacent to an activating group) is 2. The Balaban J connectivity index is 1.68. The summed E-state index contributed by atoms with van der Waals surface area (Å²) in [5.41, 5.74) is 7.99. The average Bonchev–Trinajstić information content (AvgIpc) is 3.25. The second-order valence-electron chi connectivity index (χ2n) is 11.3. The van der Waals surface area contributed by atoms with E-state index in [2.05, 4.69) is 58.1 Å². The van der Waals surface area contributed by atoms with Crippen molar-refractivity contribution in [1.29, 1.82) is 0 Å². The van der Waals surface area contributed by atoms with Crippen LogP contribution in [0.25, 0.3) is 22.2 Å². The molecule has 0 aliphatic carbocycles. The van der Waals surface area contributed by atoms with Crippen molar-refractivity contribution >= 4 is 42.0 Å². The number of nitrogens with zero attached hydrogens (tertiary/aromatic N) is 6. The Morgan fingerprint density at radius 3 is 2.54 bits per heavy atom. The molecular weight excluding hydrogens is 534 g/mol. The monoisotopic (exact) mass is 571 g/mol. The molecule has 4 rings (SSSR count). The maximum Gasteiger partial charge on any atom is 0.294 e. The molecule has 0 aliphatic heterocycles. The van der Waals surface area contributed by atoms with Crippen LogP contribution < -0.4 is 15.0 Å². The van der Waals surface area contributed by atoms with Crippen LogP contribution in [-0.4, -0.2) is 73.8 Å². The van der Waals surface area contributed by atoms with Gasteiger partial charge in [0.1, 0.15) is 19.5 Å². The van der Waals surface area contributed by atoms with Crippen LogP contribution in [0.3, 0.4) is 0 Å². The summed E-state index contributed by atoms with van der Waals surface area (Å²) in [7, 11) is 7.81. The van der Waals surface area contributed by atoms with Crippen molar-refractivity contribution in [2.45, 2.75) is 19.6 Å². The number of aryl methyl sites for hydroxylation is 1. The van der Waals surface area contributed by atoms with Gasteiger partial charge in [0, 0.05) is 73.7 Å². The van der Waals surface area contributed by atoms with E-state index in [0.29, 0.717) is 29.6 Å². The third-order valence-electron chi connectivity index (χ3n) is 6.54. The van der Waals surface area contributed by atoms with Gasteiger partial charge in [-0.05, 0) is 32.3 Å². The molecule has 0 fully saturated rings. The molecule has 0 amide bonds. The number of nitro benzene ring substituents is 1. The summed E-state index contributed by atoms with van der Waals surface area (Å²) in [5, 5.41) is 16.2. The summed E-state index contributed by atoms with van der Waals surface area (Å²) in [5.74, 6) is 4.09. The topological polar surface area (TPSA) is 102 Å². The molecule has 0 bridgehead atoms. The van der Waals surface area contributed by atoms with Crippen molar-refractivity contribution in [3.63, 3.8) is 0 Å². The standard InChI is InChI=1S/C30H37N7O3Si/c1-34(2)14-15-35(3)27-19-29(40-5)25(18-28(27)37(38)39)33-30-31-13-11-24(32-30)23-20-36(4)26-17-21(9-10-22(23)26)12-16-41(6,7)8/h9-11,13,17-20H,14-15H2,1-8H3,(H,31,32,33). The number of nitro groups is 1. The first-order chi connectivity index (χ1) is 19.4. The SMILES string of the molecule is COc1cc(N(C)CCN(C)C)c([N+](=O)[O-])cc1Nc1nccc(-c2cn(C)c3cc(C#C[Si](C)(C)C)ccc23)n1. The van der Waals surface area contributed by atoms with Gasteiger partial charge in [0.25, 0.3) is 5.69 Å². The van der Waals surface area contributed by atoms with Gasteiger partial charge in [-0.2, -0.15) is 0 Å². The minimum Gasteiger partial charge on any atom is -0.494 e. The van der Waals surface area contributed by atoms with Gasteiger partial charge in [0.15, 0.2) is 0 Å². The fourth-order valence-electron chi connectivity index (χ4n) is 4.36. The highest BCUT2D eigenvalue weighted by atomic mass is 28.3.